The lowest BCUT2D eigenvalue weighted by atomic mass is 9.94. The minimum absolute atomic E-state index is 0.0308. The highest BCUT2D eigenvalue weighted by Gasteiger charge is 2.34. The van der Waals surface area contributed by atoms with Gasteiger partial charge in [0.25, 0.3) is 0 Å². The van der Waals surface area contributed by atoms with E-state index in [0.29, 0.717) is 18.8 Å². The molecule has 1 amide bonds. The number of H-pyrrole nitrogens is 1. The molecule has 0 unspecified atom stereocenters. The van der Waals surface area contributed by atoms with Gasteiger partial charge in [-0.1, -0.05) is 0 Å². The van der Waals surface area contributed by atoms with Gasteiger partial charge in [0, 0.05) is 37.1 Å². The number of nitrogens with one attached hydrogen (secondary N) is 1. The van der Waals surface area contributed by atoms with Crippen molar-refractivity contribution in [2.24, 2.45) is 0 Å². The van der Waals surface area contributed by atoms with Crippen molar-refractivity contribution in [1.29, 1.82) is 0 Å². The topological polar surface area (TPSA) is 83.9 Å². The zero-order valence-electron chi connectivity index (χ0n) is 13.2. The Morgan fingerprint density at radius 1 is 1.36 bits per heavy atom. The number of hydrogen-bond donors (Lipinski definition) is 1. The molecule has 2 aromatic heterocycles. The molecule has 134 valence electrons. The number of carbonyl (C=O) groups is 1. The van der Waals surface area contributed by atoms with Gasteiger partial charge < -0.3 is 9.88 Å². The second-order valence-corrected chi connectivity index (χ2v) is 5.91. The van der Waals surface area contributed by atoms with Crippen LogP contribution in [0.25, 0.3) is 0 Å². The third-order valence-electron chi connectivity index (χ3n) is 4.14. The molecule has 1 fully saturated rings. The van der Waals surface area contributed by atoms with Crippen LogP contribution >= 0.6 is 0 Å². The fourth-order valence-corrected chi connectivity index (χ4v) is 2.92. The fraction of sp³-hybridized carbons (Fsp3) is 0.467. The van der Waals surface area contributed by atoms with Crippen LogP contribution < -0.4 is 5.69 Å². The summed E-state index contributed by atoms with van der Waals surface area (Å²) in [6, 6.07) is 2.54. The summed E-state index contributed by atoms with van der Waals surface area (Å²) >= 11 is 0. The predicted octanol–water partition coefficient (Wildman–Crippen LogP) is 1.39. The average Bonchev–Trinajstić information content (AvgIpc) is 3.04. The van der Waals surface area contributed by atoms with Crippen molar-refractivity contribution in [1.82, 2.24) is 24.6 Å². The molecule has 10 heteroatoms. The van der Waals surface area contributed by atoms with E-state index < -0.39 is 17.6 Å². The van der Waals surface area contributed by atoms with Crippen LogP contribution in [-0.2, 0) is 17.5 Å². The van der Waals surface area contributed by atoms with Gasteiger partial charge >= 0.3 is 11.9 Å². The van der Waals surface area contributed by atoms with Gasteiger partial charge in [-0.25, -0.2) is 9.78 Å². The molecule has 3 heterocycles. The minimum atomic E-state index is -4.53. The first kappa shape index (κ1) is 17.2. The first-order valence-corrected chi connectivity index (χ1v) is 7.76. The molecule has 0 aromatic carbocycles. The van der Waals surface area contributed by atoms with Crippen molar-refractivity contribution in [3.63, 3.8) is 0 Å². The number of aromatic nitrogens is 4. The summed E-state index contributed by atoms with van der Waals surface area (Å²) in [6.45, 7) is 0.667. The van der Waals surface area contributed by atoms with Gasteiger partial charge in [-0.3, -0.25) is 9.48 Å². The molecular formula is C15H16F3N5O2. The number of halogens is 3. The number of hydrogen-bond acceptors (Lipinski definition) is 4. The summed E-state index contributed by atoms with van der Waals surface area (Å²) in [7, 11) is 0. The third-order valence-corrected chi connectivity index (χ3v) is 4.14. The van der Waals surface area contributed by atoms with E-state index in [-0.39, 0.29) is 18.4 Å². The summed E-state index contributed by atoms with van der Waals surface area (Å²) in [5.74, 6) is -0.338. The van der Waals surface area contributed by atoms with Crippen molar-refractivity contribution in [2.75, 3.05) is 13.1 Å². The zero-order chi connectivity index (χ0) is 18.0. The molecule has 25 heavy (non-hydrogen) atoms. The molecule has 1 aliphatic rings. The Morgan fingerprint density at radius 3 is 2.84 bits per heavy atom. The lowest BCUT2D eigenvalue weighted by molar-refractivity contribution is -0.142. The summed E-state index contributed by atoms with van der Waals surface area (Å²) < 4.78 is 38.7. The Bertz CT molecular complexity index is 814. The van der Waals surface area contributed by atoms with Crippen LogP contribution in [0.1, 0.15) is 30.1 Å². The molecule has 2 aromatic rings. The highest BCUT2D eigenvalue weighted by atomic mass is 19.4. The number of likely N-dealkylation sites (tertiary alicyclic amines) is 1. The smallest absolute Gasteiger partial charge is 0.340 e. The molecule has 0 spiro atoms. The van der Waals surface area contributed by atoms with Crippen molar-refractivity contribution >= 4 is 5.91 Å². The van der Waals surface area contributed by atoms with E-state index in [1.165, 1.54) is 6.20 Å². The average molecular weight is 355 g/mol. The van der Waals surface area contributed by atoms with Gasteiger partial charge in [0.05, 0.1) is 0 Å². The summed E-state index contributed by atoms with van der Waals surface area (Å²) in [4.78, 5) is 31.5. The molecule has 7 nitrogen and oxygen atoms in total. The van der Waals surface area contributed by atoms with E-state index >= 15 is 0 Å². The highest BCUT2D eigenvalue weighted by molar-refractivity contribution is 5.76. The Kier molecular flexibility index (Phi) is 4.60. The van der Waals surface area contributed by atoms with Crippen LogP contribution in [0.2, 0.25) is 0 Å². The number of rotatable bonds is 3. The van der Waals surface area contributed by atoms with Crippen LogP contribution in [-0.4, -0.2) is 43.6 Å². The summed E-state index contributed by atoms with van der Waals surface area (Å²) in [5.41, 5.74) is -0.765. The van der Waals surface area contributed by atoms with Crippen LogP contribution in [0.5, 0.6) is 0 Å². The lowest BCUT2D eigenvalue weighted by Gasteiger charge is -2.32. The standard InChI is InChI=1S/C15H16F3N5O2/c16-15(17,18)12-4-7-23(21-12)9-13(24)22-6-1-2-10(8-22)11-3-5-19-14(25)20-11/h3-5,7,10H,1-2,6,8-9H2,(H,19,20,25)/t10-/m0/s1. The Labute approximate surface area is 140 Å². The maximum atomic E-state index is 12.6. The van der Waals surface area contributed by atoms with Gasteiger partial charge in [0.1, 0.15) is 6.54 Å². The maximum Gasteiger partial charge on any atom is 0.435 e. The number of amides is 1. The molecule has 1 N–H and O–H groups in total. The van der Waals surface area contributed by atoms with Crippen LogP contribution in [0.15, 0.2) is 29.3 Å². The fourth-order valence-electron chi connectivity index (χ4n) is 2.92. The second-order valence-electron chi connectivity index (χ2n) is 5.91. The number of alkyl halides is 3. The lowest BCUT2D eigenvalue weighted by Crippen LogP contribution is -2.41. The van der Waals surface area contributed by atoms with Gasteiger partial charge in [-0.2, -0.15) is 18.3 Å². The van der Waals surface area contributed by atoms with Crippen LogP contribution in [0, 0.1) is 0 Å². The van der Waals surface area contributed by atoms with Gasteiger partial charge in [0.15, 0.2) is 5.69 Å². The van der Waals surface area contributed by atoms with Gasteiger partial charge in [-0.15, -0.1) is 0 Å². The Hall–Kier alpha value is -2.65. The van der Waals surface area contributed by atoms with Crippen molar-refractivity contribution < 1.29 is 18.0 Å². The molecule has 0 bridgehead atoms. The predicted molar refractivity (Wildman–Crippen MR) is 80.6 cm³/mol. The quantitative estimate of drug-likeness (QED) is 0.902. The molecular weight excluding hydrogens is 339 g/mol. The van der Waals surface area contributed by atoms with E-state index in [2.05, 4.69) is 15.1 Å². The number of aromatic amines is 1. The van der Waals surface area contributed by atoms with Crippen molar-refractivity contribution in [2.45, 2.75) is 31.5 Å². The first-order valence-electron chi connectivity index (χ1n) is 7.76. The van der Waals surface area contributed by atoms with E-state index in [1.54, 1.807) is 11.0 Å². The summed E-state index contributed by atoms with van der Waals surface area (Å²) in [5, 5.41) is 3.39. The Morgan fingerprint density at radius 2 is 2.16 bits per heavy atom. The molecule has 0 radical (unpaired) electrons. The highest BCUT2D eigenvalue weighted by Crippen LogP contribution is 2.27. The van der Waals surface area contributed by atoms with E-state index in [0.717, 1.165) is 29.8 Å². The second kappa shape index (κ2) is 6.69. The molecule has 0 saturated carbocycles. The van der Waals surface area contributed by atoms with Gasteiger partial charge in [-0.05, 0) is 25.0 Å². The molecule has 0 aliphatic carbocycles. The summed E-state index contributed by atoms with van der Waals surface area (Å²) in [6.07, 6.45) is -0.422. The first-order chi connectivity index (χ1) is 11.8. The molecule has 1 aliphatic heterocycles. The van der Waals surface area contributed by atoms with E-state index in [1.807, 2.05) is 0 Å². The molecule has 1 atom stereocenters. The number of nitrogens with zero attached hydrogens (tertiary/aromatic N) is 4. The number of carbonyl (C=O) groups excluding carboxylic acids is 1. The van der Waals surface area contributed by atoms with Gasteiger partial charge in [0.2, 0.25) is 5.91 Å². The largest absolute Gasteiger partial charge is 0.435 e. The normalized spacial score (nSPS) is 18.4. The Balaban J connectivity index is 1.66. The molecule has 3 rings (SSSR count). The monoisotopic (exact) mass is 355 g/mol. The zero-order valence-corrected chi connectivity index (χ0v) is 13.2. The van der Waals surface area contributed by atoms with Crippen molar-refractivity contribution in [3.05, 3.63) is 46.4 Å². The third kappa shape index (κ3) is 4.06. The van der Waals surface area contributed by atoms with Crippen LogP contribution in [0.4, 0.5) is 13.2 Å². The number of piperidine rings is 1. The van der Waals surface area contributed by atoms with Crippen molar-refractivity contribution in [3.8, 4) is 0 Å². The van der Waals surface area contributed by atoms with E-state index in [4.69, 9.17) is 0 Å². The maximum absolute atomic E-state index is 12.6. The minimum Gasteiger partial charge on any atom is -0.340 e. The molecule has 1 saturated heterocycles. The van der Waals surface area contributed by atoms with Crippen LogP contribution in [0.3, 0.4) is 0 Å². The van der Waals surface area contributed by atoms with E-state index in [9.17, 15) is 22.8 Å². The SMILES string of the molecule is O=C(Cn1ccc(C(F)(F)F)n1)N1CCC[C@H](c2ccnc(=O)[nH]2)C1.